The topological polar surface area (TPSA) is 70.2 Å². The van der Waals surface area contributed by atoms with E-state index in [1.54, 1.807) is 24.3 Å². The Labute approximate surface area is 125 Å². The van der Waals surface area contributed by atoms with Gasteiger partial charge in [-0.25, -0.2) is 0 Å². The van der Waals surface area contributed by atoms with Gasteiger partial charge in [0.25, 0.3) is 5.91 Å². The molecule has 0 heterocycles. The number of carbonyl (C=O) groups is 2. The molecule has 21 heavy (non-hydrogen) atoms. The minimum absolute atomic E-state index is 0.0817. The monoisotopic (exact) mass is 289 g/mol. The van der Waals surface area contributed by atoms with Crippen molar-refractivity contribution >= 4 is 17.5 Å². The average Bonchev–Trinajstić information content (AvgIpc) is 3.29. The largest absolute Gasteiger partial charge is 0.352 e. The van der Waals surface area contributed by atoms with Gasteiger partial charge in [-0.05, 0) is 49.9 Å². The lowest BCUT2D eigenvalue weighted by atomic mass is 10.2. The lowest BCUT2D eigenvalue weighted by molar-refractivity contribution is -0.115. The number of anilines is 1. The van der Waals surface area contributed by atoms with E-state index in [0.29, 0.717) is 24.3 Å². The Bertz CT molecular complexity index is 498. The SMILES string of the molecule is CCCNC(=O)c1cccc(NC(=O)CNCC2CC2)c1. The summed E-state index contributed by atoms with van der Waals surface area (Å²) in [4.78, 5) is 23.7. The quantitative estimate of drug-likeness (QED) is 0.683. The fourth-order valence-electron chi connectivity index (χ4n) is 2.00. The van der Waals surface area contributed by atoms with Gasteiger partial charge in [-0.3, -0.25) is 9.59 Å². The van der Waals surface area contributed by atoms with Gasteiger partial charge in [0.05, 0.1) is 6.54 Å². The van der Waals surface area contributed by atoms with Crippen molar-refractivity contribution in [3.63, 3.8) is 0 Å². The van der Waals surface area contributed by atoms with Crippen LogP contribution >= 0.6 is 0 Å². The van der Waals surface area contributed by atoms with Crippen molar-refractivity contribution in [2.45, 2.75) is 26.2 Å². The van der Waals surface area contributed by atoms with Crippen LogP contribution in [0.25, 0.3) is 0 Å². The molecule has 0 aliphatic heterocycles. The van der Waals surface area contributed by atoms with Crippen molar-refractivity contribution in [3.05, 3.63) is 29.8 Å². The lowest BCUT2D eigenvalue weighted by Crippen LogP contribution is -2.29. The Kier molecular flexibility index (Phi) is 5.75. The van der Waals surface area contributed by atoms with Gasteiger partial charge in [0.1, 0.15) is 0 Å². The van der Waals surface area contributed by atoms with Gasteiger partial charge in [-0.1, -0.05) is 13.0 Å². The van der Waals surface area contributed by atoms with Gasteiger partial charge in [-0.2, -0.15) is 0 Å². The molecule has 1 fully saturated rings. The molecule has 2 rings (SSSR count). The van der Waals surface area contributed by atoms with E-state index in [1.807, 2.05) is 6.92 Å². The second-order valence-corrected chi connectivity index (χ2v) is 5.46. The van der Waals surface area contributed by atoms with Crippen LogP contribution in [0.5, 0.6) is 0 Å². The number of nitrogens with one attached hydrogen (secondary N) is 3. The summed E-state index contributed by atoms with van der Waals surface area (Å²) in [5.74, 6) is 0.560. The molecule has 0 bridgehead atoms. The first kappa shape index (κ1) is 15.5. The molecule has 1 aromatic carbocycles. The molecule has 0 atom stereocenters. The fourth-order valence-corrected chi connectivity index (χ4v) is 2.00. The molecule has 0 unspecified atom stereocenters. The van der Waals surface area contributed by atoms with Crippen LogP contribution in [0.4, 0.5) is 5.69 Å². The highest BCUT2D eigenvalue weighted by molar-refractivity contribution is 5.97. The minimum Gasteiger partial charge on any atom is -0.352 e. The lowest BCUT2D eigenvalue weighted by Gasteiger charge is -2.08. The Morgan fingerprint density at radius 3 is 2.81 bits per heavy atom. The highest BCUT2D eigenvalue weighted by Crippen LogP contribution is 2.27. The highest BCUT2D eigenvalue weighted by Gasteiger charge is 2.20. The summed E-state index contributed by atoms with van der Waals surface area (Å²) in [6.45, 7) is 3.88. The molecule has 1 aromatic rings. The Morgan fingerprint density at radius 2 is 2.10 bits per heavy atom. The molecule has 114 valence electrons. The van der Waals surface area contributed by atoms with E-state index in [9.17, 15) is 9.59 Å². The van der Waals surface area contributed by atoms with Crippen LogP contribution in [-0.4, -0.2) is 31.4 Å². The summed E-state index contributed by atoms with van der Waals surface area (Å²) >= 11 is 0. The third-order valence-electron chi connectivity index (χ3n) is 3.36. The number of hydrogen-bond donors (Lipinski definition) is 3. The molecule has 0 aromatic heterocycles. The van der Waals surface area contributed by atoms with Crippen LogP contribution in [0.3, 0.4) is 0 Å². The molecule has 0 saturated heterocycles. The molecule has 0 spiro atoms. The van der Waals surface area contributed by atoms with Crippen LogP contribution in [0.2, 0.25) is 0 Å². The van der Waals surface area contributed by atoms with E-state index in [-0.39, 0.29) is 11.8 Å². The molecular formula is C16H23N3O2. The first-order valence-corrected chi connectivity index (χ1v) is 7.58. The summed E-state index contributed by atoms with van der Waals surface area (Å²) in [5.41, 5.74) is 1.21. The van der Waals surface area contributed by atoms with Gasteiger partial charge in [0, 0.05) is 17.8 Å². The molecule has 1 aliphatic carbocycles. The summed E-state index contributed by atoms with van der Waals surface area (Å²) in [5, 5.41) is 8.77. The van der Waals surface area contributed by atoms with E-state index in [2.05, 4.69) is 16.0 Å². The molecule has 5 nitrogen and oxygen atoms in total. The predicted molar refractivity (Wildman–Crippen MR) is 83.3 cm³/mol. The van der Waals surface area contributed by atoms with E-state index in [0.717, 1.165) is 18.9 Å². The van der Waals surface area contributed by atoms with Crippen molar-refractivity contribution in [3.8, 4) is 0 Å². The molecule has 5 heteroatoms. The number of rotatable bonds is 8. The number of carbonyl (C=O) groups excluding carboxylic acids is 2. The smallest absolute Gasteiger partial charge is 0.251 e. The zero-order valence-electron chi connectivity index (χ0n) is 12.4. The average molecular weight is 289 g/mol. The van der Waals surface area contributed by atoms with Gasteiger partial charge in [-0.15, -0.1) is 0 Å². The second kappa shape index (κ2) is 7.78. The number of amides is 2. The van der Waals surface area contributed by atoms with Crippen molar-refractivity contribution < 1.29 is 9.59 Å². The maximum absolute atomic E-state index is 11.9. The molecule has 1 saturated carbocycles. The van der Waals surface area contributed by atoms with Crippen LogP contribution in [0, 0.1) is 5.92 Å². The second-order valence-electron chi connectivity index (χ2n) is 5.46. The van der Waals surface area contributed by atoms with Crippen molar-refractivity contribution in [1.29, 1.82) is 0 Å². The summed E-state index contributed by atoms with van der Waals surface area (Å²) in [6, 6.07) is 7.00. The molecule has 1 aliphatic rings. The Balaban J connectivity index is 1.81. The maximum atomic E-state index is 11.9. The number of hydrogen-bond acceptors (Lipinski definition) is 3. The first-order valence-electron chi connectivity index (χ1n) is 7.58. The molecule has 2 amide bonds. The van der Waals surface area contributed by atoms with Gasteiger partial charge < -0.3 is 16.0 Å². The van der Waals surface area contributed by atoms with Crippen molar-refractivity contribution in [2.24, 2.45) is 5.92 Å². The third-order valence-corrected chi connectivity index (χ3v) is 3.36. The van der Waals surface area contributed by atoms with Gasteiger partial charge >= 0.3 is 0 Å². The van der Waals surface area contributed by atoms with E-state index < -0.39 is 0 Å². The zero-order valence-corrected chi connectivity index (χ0v) is 12.4. The van der Waals surface area contributed by atoms with Crippen molar-refractivity contribution in [2.75, 3.05) is 25.0 Å². The zero-order chi connectivity index (χ0) is 15.1. The summed E-state index contributed by atoms with van der Waals surface area (Å²) in [7, 11) is 0. The summed E-state index contributed by atoms with van der Waals surface area (Å²) < 4.78 is 0. The van der Waals surface area contributed by atoms with Crippen LogP contribution in [0.15, 0.2) is 24.3 Å². The Morgan fingerprint density at radius 1 is 1.29 bits per heavy atom. The third kappa shape index (κ3) is 5.55. The first-order chi connectivity index (χ1) is 10.2. The van der Waals surface area contributed by atoms with Crippen LogP contribution < -0.4 is 16.0 Å². The highest BCUT2D eigenvalue weighted by atomic mass is 16.2. The van der Waals surface area contributed by atoms with Gasteiger partial charge in [0.2, 0.25) is 5.91 Å². The van der Waals surface area contributed by atoms with Gasteiger partial charge in [0.15, 0.2) is 0 Å². The standard InChI is InChI=1S/C16H23N3O2/c1-2-8-18-16(21)13-4-3-5-14(9-13)19-15(20)11-17-10-12-6-7-12/h3-5,9,12,17H,2,6-8,10-11H2,1H3,(H,18,21)(H,19,20). The van der Waals surface area contributed by atoms with Crippen LogP contribution in [0.1, 0.15) is 36.5 Å². The molecule has 3 N–H and O–H groups in total. The van der Waals surface area contributed by atoms with E-state index >= 15 is 0 Å². The minimum atomic E-state index is -0.111. The number of benzene rings is 1. The summed E-state index contributed by atoms with van der Waals surface area (Å²) in [6.07, 6.45) is 3.43. The predicted octanol–water partition coefficient (Wildman–Crippen LogP) is 1.76. The van der Waals surface area contributed by atoms with Crippen LogP contribution in [-0.2, 0) is 4.79 Å². The molecular weight excluding hydrogens is 266 g/mol. The van der Waals surface area contributed by atoms with Crippen molar-refractivity contribution in [1.82, 2.24) is 10.6 Å². The normalized spacial score (nSPS) is 13.8. The van der Waals surface area contributed by atoms with E-state index in [1.165, 1.54) is 12.8 Å². The maximum Gasteiger partial charge on any atom is 0.251 e. The van der Waals surface area contributed by atoms with E-state index in [4.69, 9.17) is 0 Å². The fraction of sp³-hybridized carbons (Fsp3) is 0.500. The molecule has 0 radical (unpaired) electrons. The Hall–Kier alpha value is -1.88.